The van der Waals surface area contributed by atoms with E-state index in [1.165, 1.54) is 0 Å². The zero-order valence-corrected chi connectivity index (χ0v) is 14.7. The molecule has 2 aromatic heterocycles. The molecule has 4 aromatic rings. The number of aliphatic hydroxyl groups excluding tert-OH is 1. The number of hydrogen-bond donors (Lipinski definition) is 2. The number of hydrogen-bond acceptors (Lipinski definition) is 5. The Hall–Kier alpha value is -3.38. The van der Waals surface area contributed by atoms with Crippen LogP contribution in [0.3, 0.4) is 0 Å². The van der Waals surface area contributed by atoms with Gasteiger partial charge in [0.1, 0.15) is 17.7 Å². The highest BCUT2D eigenvalue weighted by Gasteiger charge is 2.22. The van der Waals surface area contributed by atoms with E-state index in [-0.39, 0.29) is 11.8 Å². The minimum absolute atomic E-state index is 0.165. The van der Waals surface area contributed by atoms with Crippen molar-refractivity contribution in [2.75, 3.05) is 0 Å². The molecule has 0 fully saturated rings. The third-order valence-corrected chi connectivity index (χ3v) is 4.55. The van der Waals surface area contributed by atoms with Crippen molar-refractivity contribution < 1.29 is 14.6 Å². The highest BCUT2D eigenvalue weighted by Crippen LogP contribution is 2.31. The fourth-order valence-corrected chi connectivity index (χ4v) is 3.03. The van der Waals surface area contributed by atoms with Crippen molar-refractivity contribution in [1.82, 2.24) is 14.5 Å². The number of aliphatic hydroxyl groups is 1. The van der Waals surface area contributed by atoms with E-state index in [9.17, 15) is 10.2 Å². The summed E-state index contributed by atoms with van der Waals surface area (Å²) in [4.78, 5) is 8.94. The number of benzene rings is 2. The average Bonchev–Trinajstić information content (AvgIpc) is 3.37. The monoisotopic (exact) mass is 361 g/mol. The van der Waals surface area contributed by atoms with E-state index in [4.69, 9.17) is 4.42 Å². The lowest BCUT2D eigenvalue weighted by Crippen LogP contribution is -2.15. The predicted octanol–water partition coefficient (Wildman–Crippen LogP) is 4.21. The van der Waals surface area contributed by atoms with E-state index in [2.05, 4.69) is 9.97 Å². The second-order valence-corrected chi connectivity index (χ2v) is 6.34. The molecule has 0 radical (unpaired) electrons. The van der Waals surface area contributed by atoms with Crippen LogP contribution in [-0.4, -0.2) is 24.7 Å². The van der Waals surface area contributed by atoms with Gasteiger partial charge >= 0.3 is 0 Å². The zero-order valence-electron chi connectivity index (χ0n) is 14.7. The minimum atomic E-state index is -0.765. The summed E-state index contributed by atoms with van der Waals surface area (Å²) in [6.07, 6.45) is 4.28. The van der Waals surface area contributed by atoms with E-state index in [0.29, 0.717) is 23.0 Å². The summed E-state index contributed by atoms with van der Waals surface area (Å²) in [5.74, 6) is 1.30. The summed E-state index contributed by atoms with van der Waals surface area (Å²) in [7, 11) is 0. The molecule has 2 atom stereocenters. The molecule has 0 unspecified atom stereocenters. The number of imidazole rings is 1. The molecule has 0 aliphatic rings. The van der Waals surface area contributed by atoms with Crippen LogP contribution in [0.25, 0.3) is 23.0 Å². The van der Waals surface area contributed by atoms with Crippen molar-refractivity contribution >= 4 is 0 Å². The molecular weight excluding hydrogens is 342 g/mol. The number of aromatic nitrogens is 3. The summed E-state index contributed by atoms with van der Waals surface area (Å²) in [5.41, 5.74) is 2.20. The van der Waals surface area contributed by atoms with Gasteiger partial charge in [-0.15, -0.1) is 0 Å². The Balaban J connectivity index is 1.63. The second-order valence-electron chi connectivity index (χ2n) is 6.34. The molecule has 0 aliphatic heterocycles. The topological polar surface area (TPSA) is 84.3 Å². The maximum absolute atomic E-state index is 10.7. The summed E-state index contributed by atoms with van der Waals surface area (Å²) in [5, 5.41) is 20.2. The summed E-state index contributed by atoms with van der Waals surface area (Å²) >= 11 is 0. The highest BCUT2D eigenvalue weighted by molar-refractivity contribution is 5.58. The molecule has 0 spiro atoms. The van der Waals surface area contributed by atoms with Crippen LogP contribution in [-0.2, 0) is 0 Å². The Morgan fingerprint density at radius 3 is 2.52 bits per heavy atom. The van der Waals surface area contributed by atoms with Crippen molar-refractivity contribution in [3.8, 4) is 28.7 Å². The molecule has 27 heavy (non-hydrogen) atoms. The maximum atomic E-state index is 10.7. The van der Waals surface area contributed by atoms with Gasteiger partial charge < -0.3 is 19.2 Å². The summed E-state index contributed by atoms with van der Waals surface area (Å²) in [6, 6.07) is 15.9. The standard InChI is InChI=1S/C21H19N3O3/c1-14(19(26)15-7-9-17(25)10-8-15)24-12-11-22-20(24)18-13-27-21(23-18)16-5-3-2-4-6-16/h2-14,19,25-26H,1H3/t14-,19-/m1/s1. The molecule has 4 rings (SSSR count). The largest absolute Gasteiger partial charge is 0.508 e. The first-order valence-electron chi connectivity index (χ1n) is 8.64. The van der Waals surface area contributed by atoms with E-state index < -0.39 is 6.10 Å². The lowest BCUT2D eigenvalue weighted by molar-refractivity contribution is 0.122. The van der Waals surface area contributed by atoms with Gasteiger partial charge in [-0.3, -0.25) is 0 Å². The van der Waals surface area contributed by atoms with Gasteiger partial charge in [-0.05, 0) is 36.8 Å². The molecule has 6 heteroatoms. The van der Waals surface area contributed by atoms with Crippen LogP contribution < -0.4 is 0 Å². The van der Waals surface area contributed by atoms with Crippen molar-refractivity contribution in [2.24, 2.45) is 0 Å². The van der Waals surface area contributed by atoms with Crippen LogP contribution in [0.2, 0.25) is 0 Å². The van der Waals surface area contributed by atoms with Crippen molar-refractivity contribution in [2.45, 2.75) is 19.1 Å². The first-order valence-corrected chi connectivity index (χ1v) is 8.64. The van der Waals surface area contributed by atoms with Gasteiger partial charge in [0.05, 0.1) is 12.1 Å². The molecule has 0 bridgehead atoms. The van der Waals surface area contributed by atoms with Gasteiger partial charge in [0.25, 0.3) is 0 Å². The number of nitrogens with zero attached hydrogens (tertiary/aromatic N) is 3. The van der Waals surface area contributed by atoms with E-state index in [0.717, 1.165) is 5.56 Å². The molecule has 2 aromatic carbocycles. The summed E-state index contributed by atoms with van der Waals surface area (Å²) in [6.45, 7) is 1.90. The normalized spacial score (nSPS) is 13.4. The molecule has 0 saturated carbocycles. The van der Waals surface area contributed by atoms with E-state index in [1.54, 1.807) is 42.9 Å². The fraction of sp³-hybridized carbons (Fsp3) is 0.143. The van der Waals surface area contributed by atoms with E-state index >= 15 is 0 Å². The molecule has 6 nitrogen and oxygen atoms in total. The second kappa shape index (κ2) is 7.09. The first kappa shape index (κ1) is 17.1. The van der Waals surface area contributed by atoms with Crippen LogP contribution in [0.5, 0.6) is 5.75 Å². The van der Waals surface area contributed by atoms with E-state index in [1.807, 2.05) is 41.8 Å². The number of phenols is 1. The minimum Gasteiger partial charge on any atom is -0.508 e. The number of aromatic hydroxyl groups is 1. The van der Waals surface area contributed by atoms with Crippen molar-refractivity contribution in [1.29, 1.82) is 0 Å². The lowest BCUT2D eigenvalue weighted by atomic mass is 10.0. The molecular formula is C21H19N3O3. The third-order valence-electron chi connectivity index (χ3n) is 4.55. The Labute approximate surface area is 156 Å². The van der Waals surface area contributed by atoms with Crippen LogP contribution in [0.15, 0.2) is 77.7 Å². The van der Waals surface area contributed by atoms with Crippen LogP contribution in [0.1, 0.15) is 24.6 Å². The Kier molecular flexibility index (Phi) is 4.48. The SMILES string of the molecule is C[C@H]([C@@H](O)c1ccc(O)cc1)n1ccnc1-c1coc(-c2ccccc2)n1. The van der Waals surface area contributed by atoms with Crippen molar-refractivity contribution in [3.05, 3.63) is 78.8 Å². The van der Waals surface area contributed by atoms with Gasteiger partial charge in [0, 0.05) is 18.0 Å². The smallest absolute Gasteiger partial charge is 0.226 e. The number of oxazole rings is 1. The van der Waals surface area contributed by atoms with Gasteiger partial charge in [0.2, 0.25) is 5.89 Å². The number of phenolic OH excluding ortho intramolecular Hbond substituents is 1. The molecule has 0 amide bonds. The summed E-state index contributed by atoms with van der Waals surface area (Å²) < 4.78 is 7.48. The predicted molar refractivity (Wildman–Crippen MR) is 101 cm³/mol. The van der Waals surface area contributed by atoms with Crippen LogP contribution >= 0.6 is 0 Å². The Morgan fingerprint density at radius 1 is 1.04 bits per heavy atom. The molecule has 0 aliphatic carbocycles. The van der Waals surface area contributed by atoms with Gasteiger partial charge in [-0.2, -0.15) is 0 Å². The fourth-order valence-electron chi connectivity index (χ4n) is 3.03. The Morgan fingerprint density at radius 2 is 1.78 bits per heavy atom. The maximum Gasteiger partial charge on any atom is 0.226 e. The first-order chi connectivity index (χ1) is 13.1. The molecule has 2 heterocycles. The van der Waals surface area contributed by atoms with Gasteiger partial charge in [0.15, 0.2) is 5.82 Å². The van der Waals surface area contributed by atoms with Crippen molar-refractivity contribution in [3.63, 3.8) is 0 Å². The third kappa shape index (κ3) is 3.35. The zero-order chi connectivity index (χ0) is 18.8. The molecule has 0 saturated heterocycles. The van der Waals surface area contributed by atoms with Crippen LogP contribution in [0.4, 0.5) is 0 Å². The number of rotatable bonds is 5. The lowest BCUT2D eigenvalue weighted by Gasteiger charge is -2.22. The average molecular weight is 361 g/mol. The Bertz CT molecular complexity index is 1020. The quantitative estimate of drug-likeness (QED) is 0.556. The highest BCUT2D eigenvalue weighted by atomic mass is 16.3. The molecule has 2 N–H and O–H groups in total. The molecule has 136 valence electrons. The van der Waals surface area contributed by atoms with Crippen LogP contribution in [0, 0.1) is 0 Å². The van der Waals surface area contributed by atoms with Gasteiger partial charge in [-0.25, -0.2) is 9.97 Å². The van der Waals surface area contributed by atoms with Gasteiger partial charge in [-0.1, -0.05) is 30.3 Å².